The van der Waals surface area contributed by atoms with E-state index < -0.39 is 4.87 Å². The van der Waals surface area contributed by atoms with E-state index in [9.17, 15) is 10.1 Å². The molecule has 0 spiro atoms. The van der Waals surface area contributed by atoms with Crippen molar-refractivity contribution in [1.29, 1.82) is 5.26 Å². The van der Waals surface area contributed by atoms with Crippen molar-refractivity contribution in [2.75, 3.05) is 17.6 Å². The molecule has 1 saturated heterocycles. The van der Waals surface area contributed by atoms with Crippen LogP contribution in [0, 0.1) is 11.3 Å². The molecular formula is C13H14N4OS. The Morgan fingerprint density at radius 2 is 2.42 bits per heavy atom. The van der Waals surface area contributed by atoms with Gasteiger partial charge in [0.1, 0.15) is 6.07 Å². The minimum absolute atomic E-state index is 0.0905. The van der Waals surface area contributed by atoms with Gasteiger partial charge in [-0.25, -0.2) is 0 Å². The summed E-state index contributed by atoms with van der Waals surface area (Å²) >= 11 is 1.25. The molecule has 2 atom stereocenters. The normalized spacial score (nSPS) is 28.5. The summed E-state index contributed by atoms with van der Waals surface area (Å²) in [5.74, 6) is -0.0905. The number of nitrogens with zero attached hydrogens (tertiary/aromatic N) is 1. The molecule has 1 aromatic rings. The molecule has 0 bridgehead atoms. The maximum absolute atomic E-state index is 12.6. The molecule has 2 heterocycles. The number of hydrogen-bond donors (Lipinski definition) is 3. The zero-order valence-corrected chi connectivity index (χ0v) is 11.1. The Hall–Kier alpha value is -1.71. The largest absolute Gasteiger partial charge is 0.399 e. The summed E-state index contributed by atoms with van der Waals surface area (Å²) in [5.41, 5.74) is 7.17. The average molecular weight is 274 g/mol. The Bertz CT molecular complexity index is 576. The van der Waals surface area contributed by atoms with Crippen molar-refractivity contribution in [3.63, 3.8) is 0 Å². The van der Waals surface area contributed by atoms with Crippen LogP contribution in [0.15, 0.2) is 23.1 Å². The first-order valence-corrected chi connectivity index (χ1v) is 7.02. The van der Waals surface area contributed by atoms with E-state index in [1.54, 1.807) is 12.1 Å². The zero-order chi connectivity index (χ0) is 13.5. The number of benzene rings is 1. The van der Waals surface area contributed by atoms with Crippen LogP contribution in [-0.2, 0) is 4.79 Å². The third-order valence-corrected chi connectivity index (χ3v) is 4.72. The number of nitriles is 1. The second-order valence-electron chi connectivity index (χ2n) is 4.79. The summed E-state index contributed by atoms with van der Waals surface area (Å²) in [5, 5.41) is 15.7. The van der Waals surface area contributed by atoms with Crippen LogP contribution < -0.4 is 16.4 Å². The van der Waals surface area contributed by atoms with E-state index in [2.05, 4.69) is 16.7 Å². The van der Waals surface area contributed by atoms with Gasteiger partial charge in [0.05, 0.1) is 11.7 Å². The Labute approximate surface area is 115 Å². The molecule has 0 aliphatic carbocycles. The maximum Gasteiger partial charge on any atom is 0.237 e. The lowest BCUT2D eigenvalue weighted by Crippen LogP contribution is -2.48. The molecule has 2 aliphatic rings. The van der Waals surface area contributed by atoms with E-state index in [0.29, 0.717) is 5.69 Å². The van der Waals surface area contributed by atoms with Gasteiger partial charge in [-0.1, -0.05) is 11.8 Å². The highest BCUT2D eigenvalue weighted by atomic mass is 32.2. The molecule has 6 heteroatoms. The van der Waals surface area contributed by atoms with Crippen LogP contribution in [0.1, 0.15) is 12.8 Å². The second kappa shape index (κ2) is 4.44. The smallest absolute Gasteiger partial charge is 0.237 e. The quantitative estimate of drug-likeness (QED) is 0.705. The van der Waals surface area contributed by atoms with Gasteiger partial charge in [0, 0.05) is 10.6 Å². The summed E-state index contributed by atoms with van der Waals surface area (Å²) in [6.45, 7) is 0.836. The van der Waals surface area contributed by atoms with Gasteiger partial charge < -0.3 is 16.4 Å². The SMILES string of the molecule is N#CC1(C(=O)[C@@H]2CCCN2)Nc2ccc(N)cc2S1. The van der Waals surface area contributed by atoms with Crippen molar-refractivity contribution >= 4 is 28.9 Å². The second-order valence-corrected chi connectivity index (χ2v) is 6.05. The maximum atomic E-state index is 12.6. The molecule has 19 heavy (non-hydrogen) atoms. The van der Waals surface area contributed by atoms with Crippen LogP contribution >= 0.6 is 11.8 Å². The van der Waals surface area contributed by atoms with Crippen LogP contribution in [0.4, 0.5) is 11.4 Å². The van der Waals surface area contributed by atoms with Crippen LogP contribution in [0.2, 0.25) is 0 Å². The Kier molecular flexibility index (Phi) is 2.88. The van der Waals surface area contributed by atoms with E-state index in [-0.39, 0.29) is 11.8 Å². The fraction of sp³-hybridized carbons (Fsp3) is 0.385. The molecule has 1 fully saturated rings. The first-order chi connectivity index (χ1) is 9.14. The van der Waals surface area contributed by atoms with Gasteiger partial charge in [0.25, 0.3) is 0 Å². The Morgan fingerprint density at radius 3 is 3.11 bits per heavy atom. The number of Topliss-reactive ketones (excluding diaryl/α,β-unsaturated/α-hetero) is 1. The monoisotopic (exact) mass is 274 g/mol. The standard InChI is InChI=1S/C13H14N4OS/c14-7-13(12(18)10-2-1-5-16-10)17-9-4-3-8(15)6-11(9)19-13/h3-4,6,10,16-17H,1-2,5,15H2/t10-,13?/m0/s1. The molecule has 3 rings (SSSR count). The van der Waals surface area contributed by atoms with E-state index >= 15 is 0 Å². The topological polar surface area (TPSA) is 90.9 Å². The van der Waals surface area contributed by atoms with Crippen molar-refractivity contribution in [2.24, 2.45) is 0 Å². The molecule has 1 unspecified atom stereocenters. The molecule has 4 N–H and O–H groups in total. The van der Waals surface area contributed by atoms with Crippen molar-refractivity contribution in [1.82, 2.24) is 5.32 Å². The third-order valence-electron chi connectivity index (χ3n) is 3.46. The highest BCUT2D eigenvalue weighted by Gasteiger charge is 2.48. The molecule has 1 aromatic carbocycles. The molecule has 0 radical (unpaired) electrons. The van der Waals surface area contributed by atoms with Crippen LogP contribution in [-0.4, -0.2) is 23.2 Å². The average Bonchev–Trinajstić information content (AvgIpc) is 3.05. The van der Waals surface area contributed by atoms with Gasteiger partial charge >= 0.3 is 0 Å². The van der Waals surface area contributed by atoms with Gasteiger partial charge in [0.15, 0.2) is 0 Å². The first kappa shape index (κ1) is 12.3. The zero-order valence-electron chi connectivity index (χ0n) is 10.3. The van der Waals surface area contributed by atoms with Crippen molar-refractivity contribution in [3.05, 3.63) is 18.2 Å². The Morgan fingerprint density at radius 1 is 1.58 bits per heavy atom. The van der Waals surface area contributed by atoms with Crippen molar-refractivity contribution < 1.29 is 4.79 Å². The fourth-order valence-electron chi connectivity index (χ4n) is 2.48. The number of anilines is 2. The van der Waals surface area contributed by atoms with Gasteiger partial charge in [-0.15, -0.1) is 0 Å². The summed E-state index contributed by atoms with van der Waals surface area (Å²) in [4.78, 5) is 12.2. The molecule has 0 aromatic heterocycles. The van der Waals surface area contributed by atoms with Gasteiger partial charge in [-0.3, -0.25) is 4.79 Å². The van der Waals surface area contributed by atoms with Crippen molar-refractivity contribution in [3.8, 4) is 6.07 Å². The first-order valence-electron chi connectivity index (χ1n) is 6.20. The van der Waals surface area contributed by atoms with Gasteiger partial charge in [-0.2, -0.15) is 5.26 Å². The molecule has 0 saturated carbocycles. The van der Waals surface area contributed by atoms with Crippen LogP contribution in [0.25, 0.3) is 0 Å². The molecular weight excluding hydrogens is 260 g/mol. The minimum Gasteiger partial charge on any atom is -0.399 e. The lowest BCUT2D eigenvalue weighted by molar-refractivity contribution is -0.121. The van der Waals surface area contributed by atoms with E-state index in [4.69, 9.17) is 5.73 Å². The number of hydrogen-bond acceptors (Lipinski definition) is 6. The number of fused-ring (bicyclic) bond motifs is 1. The Balaban J connectivity index is 1.91. The molecule has 5 nitrogen and oxygen atoms in total. The summed E-state index contributed by atoms with van der Waals surface area (Å²) < 4.78 is 0. The predicted octanol–water partition coefficient (Wildman–Crippen LogP) is 1.33. The number of nitrogens with one attached hydrogen (secondary N) is 2. The predicted molar refractivity (Wildman–Crippen MR) is 74.7 cm³/mol. The third kappa shape index (κ3) is 1.95. The number of nitrogens with two attached hydrogens (primary N) is 1. The number of nitrogen functional groups attached to an aromatic ring is 1. The van der Waals surface area contributed by atoms with E-state index in [1.807, 2.05) is 6.07 Å². The number of ketones is 1. The summed E-state index contributed by atoms with van der Waals surface area (Å²) in [7, 11) is 0. The van der Waals surface area contributed by atoms with Crippen molar-refractivity contribution in [2.45, 2.75) is 28.6 Å². The number of thioether (sulfide) groups is 1. The van der Waals surface area contributed by atoms with E-state index in [0.717, 1.165) is 30.0 Å². The fourth-order valence-corrected chi connectivity index (χ4v) is 3.68. The highest BCUT2D eigenvalue weighted by Crippen LogP contribution is 2.47. The lowest BCUT2D eigenvalue weighted by atomic mass is 10.0. The summed E-state index contributed by atoms with van der Waals surface area (Å²) in [6, 6.07) is 7.28. The molecule has 98 valence electrons. The van der Waals surface area contributed by atoms with E-state index in [1.165, 1.54) is 11.8 Å². The number of carbonyl (C=O) groups is 1. The number of rotatable bonds is 2. The van der Waals surface area contributed by atoms with Crippen LogP contribution in [0.3, 0.4) is 0 Å². The highest BCUT2D eigenvalue weighted by molar-refractivity contribution is 8.02. The van der Waals surface area contributed by atoms with Crippen LogP contribution in [0.5, 0.6) is 0 Å². The molecule has 2 aliphatic heterocycles. The van der Waals surface area contributed by atoms with Gasteiger partial charge in [-0.05, 0) is 37.6 Å². The van der Waals surface area contributed by atoms with Gasteiger partial charge in [0.2, 0.25) is 10.7 Å². The lowest BCUT2D eigenvalue weighted by Gasteiger charge is -2.22. The summed E-state index contributed by atoms with van der Waals surface area (Å²) in [6.07, 6.45) is 1.77. The minimum atomic E-state index is -1.22. The number of carbonyl (C=O) groups excluding carboxylic acids is 1. The molecule has 0 amide bonds.